The Morgan fingerprint density at radius 2 is 2.00 bits per heavy atom. The van der Waals surface area contributed by atoms with Gasteiger partial charge >= 0.3 is 5.97 Å². The molecule has 0 aliphatic carbocycles. The average Bonchev–Trinajstić information content (AvgIpc) is 2.15. The molecule has 0 saturated carbocycles. The Morgan fingerprint density at radius 1 is 1.33 bits per heavy atom. The zero-order valence-corrected chi connectivity index (χ0v) is 9.54. The van der Waals surface area contributed by atoms with E-state index in [0.29, 0.717) is 13.2 Å². The SMILES string of the molecule is CCOC(=O)CCNC(=O)COC(C)C. The first kappa shape index (κ1) is 13.9. The molecule has 88 valence electrons. The fourth-order valence-corrected chi connectivity index (χ4v) is 0.831. The van der Waals surface area contributed by atoms with Crippen molar-refractivity contribution >= 4 is 11.9 Å². The Bertz CT molecular complexity index is 204. The van der Waals surface area contributed by atoms with E-state index in [4.69, 9.17) is 9.47 Å². The van der Waals surface area contributed by atoms with E-state index in [9.17, 15) is 9.59 Å². The molecule has 0 aromatic carbocycles. The van der Waals surface area contributed by atoms with Crippen LogP contribution in [0.2, 0.25) is 0 Å². The molecule has 5 nitrogen and oxygen atoms in total. The van der Waals surface area contributed by atoms with Crippen LogP contribution in [-0.4, -0.2) is 37.7 Å². The first-order chi connectivity index (χ1) is 7.06. The van der Waals surface area contributed by atoms with E-state index >= 15 is 0 Å². The number of amides is 1. The Labute approximate surface area is 90.1 Å². The summed E-state index contributed by atoms with van der Waals surface area (Å²) >= 11 is 0. The van der Waals surface area contributed by atoms with Gasteiger partial charge in [0.1, 0.15) is 6.61 Å². The Morgan fingerprint density at radius 3 is 2.53 bits per heavy atom. The monoisotopic (exact) mass is 217 g/mol. The van der Waals surface area contributed by atoms with E-state index in [1.807, 2.05) is 13.8 Å². The number of carbonyl (C=O) groups excluding carboxylic acids is 2. The van der Waals surface area contributed by atoms with Crippen LogP contribution in [0, 0.1) is 0 Å². The van der Waals surface area contributed by atoms with Crippen LogP contribution >= 0.6 is 0 Å². The van der Waals surface area contributed by atoms with Crippen molar-refractivity contribution in [1.82, 2.24) is 5.32 Å². The van der Waals surface area contributed by atoms with Crippen molar-refractivity contribution in [3.63, 3.8) is 0 Å². The van der Waals surface area contributed by atoms with Crippen LogP contribution in [0.1, 0.15) is 27.2 Å². The maximum atomic E-state index is 11.1. The van der Waals surface area contributed by atoms with Crippen molar-refractivity contribution in [1.29, 1.82) is 0 Å². The number of rotatable bonds is 7. The van der Waals surface area contributed by atoms with E-state index in [-0.39, 0.29) is 31.0 Å². The zero-order valence-electron chi connectivity index (χ0n) is 9.54. The molecular formula is C10H19NO4. The normalized spacial score (nSPS) is 10.1. The van der Waals surface area contributed by atoms with E-state index in [1.54, 1.807) is 6.92 Å². The minimum atomic E-state index is -0.303. The molecule has 0 unspecified atom stereocenters. The predicted octanol–water partition coefficient (Wildman–Crippen LogP) is 0.481. The molecule has 0 spiro atoms. The average molecular weight is 217 g/mol. The second-order valence-electron chi connectivity index (χ2n) is 3.26. The van der Waals surface area contributed by atoms with Crippen molar-refractivity contribution in [3.8, 4) is 0 Å². The Hall–Kier alpha value is -1.10. The molecule has 0 atom stereocenters. The van der Waals surface area contributed by atoms with E-state index in [2.05, 4.69) is 5.32 Å². The van der Waals surface area contributed by atoms with E-state index < -0.39 is 0 Å². The molecule has 0 heterocycles. The smallest absolute Gasteiger partial charge is 0.307 e. The molecule has 15 heavy (non-hydrogen) atoms. The second kappa shape index (κ2) is 8.23. The molecule has 1 N–H and O–H groups in total. The standard InChI is InChI=1S/C10H19NO4/c1-4-14-10(13)5-6-11-9(12)7-15-8(2)3/h8H,4-7H2,1-3H3,(H,11,12). The highest BCUT2D eigenvalue weighted by molar-refractivity contribution is 5.78. The topological polar surface area (TPSA) is 64.6 Å². The molecule has 0 fully saturated rings. The summed E-state index contributed by atoms with van der Waals surface area (Å²) in [6.07, 6.45) is 0.224. The summed E-state index contributed by atoms with van der Waals surface area (Å²) in [5, 5.41) is 2.56. The van der Waals surface area contributed by atoms with E-state index in [1.165, 1.54) is 0 Å². The van der Waals surface area contributed by atoms with Gasteiger partial charge < -0.3 is 14.8 Å². The summed E-state index contributed by atoms with van der Waals surface area (Å²) in [6, 6.07) is 0. The summed E-state index contributed by atoms with van der Waals surface area (Å²) in [5.74, 6) is -0.518. The maximum absolute atomic E-state index is 11.1. The molecule has 0 rings (SSSR count). The van der Waals surface area contributed by atoms with Crippen LogP contribution < -0.4 is 5.32 Å². The Balaban J connectivity index is 3.42. The third-order valence-corrected chi connectivity index (χ3v) is 1.50. The minimum Gasteiger partial charge on any atom is -0.466 e. The molecule has 0 aromatic heterocycles. The highest BCUT2D eigenvalue weighted by Gasteiger charge is 2.05. The molecule has 5 heteroatoms. The fraction of sp³-hybridized carbons (Fsp3) is 0.800. The summed E-state index contributed by atoms with van der Waals surface area (Å²) in [4.78, 5) is 22.0. The van der Waals surface area contributed by atoms with Gasteiger partial charge in [0.15, 0.2) is 0 Å². The first-order valence-electron chi connectivity index (χ1n) is 5.10. The van der Waals surface area contributed by atoms with Gasteiger partial charge in [-0.2, -0.15) is 0 Å². The van der Waals surface area contributed by atoms with Gasteiger partial charge in [0.05, 0.1) is 19.1 Å². The first-order valence-corrected chi connectivity index (χ1v) is 5.10. The van der Waals surface area contributed by atoms with Gasteiger partial charge in [0.2, 0.25) is 5.91 Å². The second-order valence-corrected chi connectivity index (χ2v) is 3.26. The lowest BCUT2D eigenvalue weighted by Gasteiger charge is -2.07. The van der Waals surface area contributed by atoms with Crippen LogP contribution in [0.3, 0.4) is 0 Å². The number of carbonyl (C=O) groups is 2. The van der Waals surface area contributed by atoms with Gasteiger partial charge in [-0.15, -0.1) is 0 Å². The van der Waals surface area contributed by atoms with Crippen LogP contribution in [0.25, 0.3) is 0 Å². The predicted molar refractivity (Wildman–Crippen MR) is 55.3 cm³/mol. The molecule has 0 aliphatic rings. The largest absolute Gasteiger partial charge is 0.466 e. The van der Waals surface area contributed by atoms with Gasteiger partial charge in [-0.1, -0.05) is 0 Å². The van der Waals surface area contributed by atoms with Crippen LogP contribution in [-0.2, 0) is 19.1 Å². The molecule has 0 aliphatic heterocycles. The molecule has 0 radical (unpaired) electrons. The molecular weight excluding hydrogens is 198 g/mol. The van der Waals surface area contributed by atoms with Gasteiger partial charge in [-0.05, 0) is 20.8 Å². The number of hydrogen-bond acceptors (Lipinski definition) is 4. The lowest BCUT2D eigenvalue weighted by atomic mass is 10.4. The number of nitrogens with one attached hydrogen (secondary N) is 1. The van der Waals surface area contributed by atoms with Gasteiger partial charge in [0.25, 0.3) is 0 Å². The van der Waals surface area contributed by atoms with Crippen LogP contribution in [0.15, 0.2) is 0 Å². The fourth-order valence-electron chi connectivity index (χ4n) is 0.831. The highest BCUT2D eigenvalue weighted by atomic mass is 16.5. The summed E-state index contributed by atoms with van der Waals surface area (Å²) < 4.78 is 9.78. The van der Waals surface area contributed by atoms with Crippen molar-refractivity contribution in [3.05, 3.63) is 0 Å². The zero-order chi connectivity index (χ0) is 11.7. The third-order valence-electron chi connectivity index (χ3n) is 1.50. The Kier molecular flexibility index (Phi) is 7.62. The minimum absolute atomic E-state index is 0.0283. The number of esters is 1. The lowest BCUT2D eigenvalue weighted by molar-refractivity contribution is -0.143. The summed E-state index contributed by atoms with van der Waals surface area (Å²) in [7, 11) is 0. The van der Waals surface area contributed by atoms with Crippen molar-refractivity contribution in [2.75, 3.05) is 19.8 Å². The van der Waals surface area contributed by atoms with Gasteiger partial charge in [-0.25, -0.2) is 0 Å². The summed E-state index contributed by atoms with van der Waals surface area (Å²) in [6.45, 7) is 6.13. The van der Waals surface area contributed by atoms with E-state index in [0.717, 1.165) is 0 Å². The van der Waals surface area contributed by atoms with Crippen molar-refractivity contribution in [2.45, 2.75) is 33.3 Å². The number of hydrogen-bond donors (Lipinski definition) is 1. The van der Waals surface area contributed by atoms with Crippen molar-refractivity contribution < 1.29 is 19.1 Å². The highest BCUT2D eigenvalue weighted by Crippen LogP contribution is 1.87. The van der Waals surface area contributed by atoms with Crippen LogP contribution in [0.4, 0.5) is 0 Å². The van der Waals surface area contributed by atoms with Crippen molar-refractivity contribution in [2.24, 2.45) is 0 Å². The van der Waals surface area contributed by atoms with Gasteiger partial charge in [-0.3, -0.25) is 9.59 Å². The molecule has 0 saturated heterocycles. The van der Waals surface area contributed by atoms with Gasteiger partial charge in [0, 0.05) is 6.54 Å². The molecule has 1 amide bonds. The molecule has 0 aromatic rings. The lowest BCUT2D eigenvalue weighted by Crippen LogP contribution is -2.30. The number of ether oxygens (including phenoxy) is 2. The quantitative estimate of drug-likeness (QED) is 0.630. The maximum Gasteiger partial charge on any atom is 0.307 e. The molecule has 0 bridgehead atoms. The summed E-state index contributed by atoms with van der Waals surface area (Å²) in [5.41, 5.74) is 0. The van der Waals surface area contributed by atoms with Crippen LogP contribution in [0.5, 0.6) is 0 Å². The third kappa shape index (κ3) is 9.21.